The molecule has 0 unspecified atom stereocenters. The van der Waals surface area contributed by atoms with E-state index in [0.717, 1.165) is 27.9 Å². The van der Waals surface area contributed by atoms with Crippen LogP contribution in [0.25, 0.3) is 5.52 Å². The number of thioether (sulfide) groups is 1. The Morgan fingerprint density at radius 2 is 1.79 bits per heavy atom. The summed E-state index contributed by atoms with van der Waals surface area (Å²) in [5, 5.41) is 9.15. The third-order valence-corrected chi connectivity index (χ3v) is 2.85. The van der Waals surface area contributed by atoms with Crippen molar-refractivity contribution in [3.05, 3.63) is 17.2 Å². The van der Waals surface area contributed by atoms with Gasteiger partial charge in [0.1, 0.15) is 5.82 Å². The first-order chi connectivity index (χ1) is 6.65. The second-order valence-corrected chi connectivity index (χ2v) is 3.97. The molecule has 0 saturated heterocycles. The van der Waals surface area contributed by atoms with E-state index < -0.39 is 0 Å². The van der Waals surface area contributed by atoms with Gasteiger partial charge in [-0.25, -0.2) is 4.98 Å². The van der Waals surface area contributed by atoms with Crippen LogP contribution in [0.3, 0.4) is 0 Å². The van der Waals surface area contributed by atoms with E-state index in [9.17, 15) is 0 Å². The molecule has 0 N–H and O–H groups in total. The first-order valence-corrected chi connectivity index (χ1v) is 5.60. The van der Waals surface area contributed by atoms with Crippen molar-refractivity contribution in [2.75, 3.05) is 6.26 Å². The summed E-state index contributed by atoms with van der Waals surface area (Å²) in [6.45, 7) is 5.95. The molecule has 2 rings (SSSR count). The fraction of sp³-hybridized carbons (Fsp3) is 0.444. The molecule has 0 atom stereocenters. The van der Waals surface area contributed by atoms with Crippen LogP contribution in [-0.2, 0) is 0 Å². The van der Waals surface area contributed by atoms with E-state index in [1.807, 2.05) is 27.0 Å². The van der Waals surface area contributed by atoms with Crippen molar-refractivity contribution in [1.82, 2.24) is 19.6 Å². The highest BCUT2D eigenvalue weighted by Crippen LogP contribution is 2.20. The van der Waals surface area contributed by atoms with E-state index in [2.05, 4.69) is 19.6 Å². The first kappa shape index (κ1) is 9.45. The number of aryl methyl sites for hydroxylation is 3. The maximum atomic E-state index is 4.43. The summed E-state index contributed by atoms with van der Waals surface area (Å²) < 4.78 is 2.06. The number of fused-ring (bicyclic) bond motifs is 1. The van der Waals surface area contributed by atoms with Crippen LogP contribution in [0.2, 0.25) is 0 Å². The van der Waals surface area contributed by atoms with Gasteiger partial charge in [0.05, 0.1) is 16.9 Å². The zero-order chi connectivity index (χ0) is 10.3. The van der Waals surface area contributed by atoms with Crippen molar-refractivity contribution in [3.63, 3.8) is 0 Å². The Morgan fingerprint density at radius 1 is 1.07 bits per heavy atom. The van der Waals surface area contributed by atoms with Crippen molar-refractivity contribution in [3.8, 4) is 0 Å². The fourth-order valence-corrected chi connectivity index (χ4v) is 2.20. The lowest BCUT2D eigenvalue weighted by Gasteiger charge is -2.03. The van der Waals surface area contributed by atoms with Crippen LogP contribution < -0.4 is 0 Å². The Hall–Kier alpha value is -1.10. The maximum absolute atomic E-state index is 4.43. The van der Waals surface area contributed by atoms with Crippen molar-refractivity contribution >= 4 is 17.3 Å². The van der Waals surface area contributed by atoms with Crippen LogP contribution in [0.5, 0.6) is 0 Å². The van der Waals surface area contributed by atoms with Gasteiger partial charge in [-0.3, -0.25) is 4.40 Å². The van der Waals surface area contributed by atoms with E-state index in [0.29, 0.717) is 0 Å². The minimum atomic E-state index is 0.892. The van der Waals surface area contributed by atoms with Crippen molar-refractivity contribution in [1.29, 1.82) is 0 Å². The normalized spacial score (nSPS) is 11.1. The molecule has 0 aliphatic heterocycles. The SMILES string of the molecule is CSc1nnc(C)c2c(C)nc(C)n12. The van der Waals surface area contributed by atoms with Crippen LogP contribution in [0.4, 0.5) is 0 Å². The molecule has 0 aromatic carbocycles. The summed E-state index contributed by atoms with van der Waals surface area (Å²) >= 11 is 1.58. The van der Waals surface area contributed by atoms with Gasteiger partial charge in [0.25, 0.3) is 0 Å². The Bertz CT molecular complexity index is 489. The van der Waals surface area contributed by atoms with Gasteiger partial charge >= 0.3 is 0 Å². The number of hydrogen-bond acceptors (Lipinski definition) is 4. The predicted molar refractivity (Wildman–Crippen MR) is 56.8 cm³/mol. The lowest BCUT2D eigenvalue weighted by molar-refractivity contribution is 0.772. The van der Waals surface area contributed by atoms with E-state index in [1.165, 1.54) is 0 Å². The summed E-state index contributed by atoms with van der Waals surface area (Å²) in [6.07, 6.45) is 1.99. The van der Waals surface area contributed by atoms with Crippen LogP contribution in [-0.4, -0.2) is 25.8 Å². The van der Waals surface area contributed by atoms with Crippen LogP contribution in [0.15, 0.2) is 5.16 Å². The van der Waals surface area contributed by atoms with E-state index in [1.54, 1.807) is 11.8 Å². The molecule has 0 aliphatic rings. The fourth-order valence-electron chi connectivity index (χ4n) is 1.67. The van der Waals surface area contributed by atoms with Gasteiger partial charge in [-0.1, -0.05) is 11.8 Å². The monoisotopic (exact) mass is 208 g/mol. The molecule has 14 heavy (non-hydrogen) atoms. The molecule has 0 amide bonds. The van der Waals surface area contributed by atoms with Gasteiger partial charge < -0.3 is 0 Å². The van der Waals surface area contributed by atoms with Gasteiger partial charge in [0.2, 0.25) is 0 Å². The predicted octanol–water partition coefficient (Wildman–Crippen LogP) is 1.77. The third kappa shape index (κ3) is 1.19. The Morgan fingerprint density at radius 3 is 2.43 bits per heavy atom. The van der Waals surface area contributed by atoms with Gasteiger partial charge in [-0.05, 0) is 27.0 Å². The molecule has 2 heterocycles. The average molecular weight is 208 g/mol. The van der Waals surface area contributed by atoms with E-state index in [-0.39, 0.29) is 0 Å². The number of nitrogens with zero attached hydrogens (tertiary/aromatic N) is 4. The number of hydrogen-bond donors (Lipinski definition) is 0. The minimum absolute atomic E-state index is 0.892. The highest BCUT2D eigenvalue weighted by molar-refractivity contribution is 7.98. The third-order valence-electron chi connectivity index (χ3n) is 2.22. The second-order valence-electron chi connectivity index (χ2n) is 3.20. The van der Waals surface area contributed by atoms with Crippen LogP contribution in [0.1, 0.15) is 17.2 Å². The van der Waals surface area contributed by atoms with E-state index >= 15 is 0 Å². The number of rotatable bonds is 1. The molecular weight excluding hydrogens is 196 g/mol. The first-order valence-electron chi connectivity index (χ1n) is 4.38. The summed E-state index contributed by atoms with van der Waals surface area (Å²) in [4.78, 5) is 4.43. The molecule has 2 aromatic heterocycles. The Labute approximate surface area is 86.8 Å². The van der Waals surface area contributed by atoms with E-state index in [4.69, 9.17) is 0 Å². The molecule has 0 aliphatic carbocycles. The molecule has 5 heteroatoms. The summed E-state index contributed by atoms with van der Waals surface area (Å²) in [7, 11) is 0. The summed E-state index contributed by atoms with van der Waals surface area (Å²) in [6, 6.07) is 0. The maximum Gasteiger partial charge on any atom is 0.195 e. The van der Waals surface area contributed by atoms with Gasteiger partial charge in [-0.2, -0.15) is 5.10 Å². The molecule has 74 valence electrons. The van der Waals surface area contributed by atoms with Crippen molar-refractivity contribution in [2.45, 2.75) is 25.9 Å². The lowest BCUT2D eigenvalue weighted by atomic mass is 10.3. The van der Waals surface area contributed by atoms with Crippen molar-refractivity contribution < 1.29 is 0 Å². The molecule has 0 saturated carbocycles. The Balaban J connectivity index is 2.94. The Kier molecular flexibility index (Phi) is 2.19. The molecule has 0 spiro atoms. The standard InChI is InChI=1S/C9H12N4S/c1-5-8-6(2)11-12-9(14-4)13(8)7(3)10-5/h1-4H3. The lowest BCUT2D eigenvalue weighted by Crippen LogP contribution is -2.01. The van der Waals surface area contributed by atoms with Gasteiger partial charge in [-0.15, -0.1) is 5.10 Å². The zero-order valence-corrected chi connectivity index (χ0v) is 9.51. The molecular formula is C9H12N4S. The number of aromatic nitrogens is 4. The largest absolute Gasteiger partial charge is 0.272 e. The van der Waals surface area contributed by atoms with Crippen LogP contribution in [0, 0.1) is 20.8 Å². The zero-order valence-electron chi connectivity index (χ0n) is 8.70. The van der Waals surface area contributed by atoms with Crippen LogP contribution >= 0.6 is 11.8 Å². The summed E-state index contributed by atoms with van der Waals surface area (Å²) in [5.41, 5.74) is 3.04. The minimum Gasteiger partial charge on any atom is -0.272 e. The molecule has 2 aromatic rings. The van der Waals surface area contributed by atoms with Gasteiger partial charge in [0, 0.05) is 0 Å². The molecule has 4 nitrogen and oxygen atoms in total. The second kappa shape index (κ2) is 3.24. The molecule has 0 radical (unpaired) electrons. The quantitative estimate of drug-likeness (QED) is 0.670. The highest BCUT2D eigenvalue weighted by atomic mass is 32.2. The highest BCUT2D eigenvalue weighted by Gasteiger charge is 2.12. The van der Waals surface area contributed by atoms with Gasteiger partial charge in [0.15, 0.2) is 5.16 Å². The number of imidazole rings is 1. The topological polar surface area (TPSA) is 43.1 Å². The molecule has 0 fully saturated rings. The molecule has 0 bridgehead atoms. The smallest absolute Gasteiger partial charge is 0.195 e. The summed E-state index contributed by atoms with van der Waals surface area (Å²) in [5.74, 6) is 0.972. The average Bonchev–Trinajstić information content (AvgIpc) is 2.44. The van der Waals surface area contributed by atoms with Crippen molar-refractivity contribution in [2.24, 2.45) is 0 Å².